The molecule has 0 amide bonds. The summed E-state index contributed by atoms with van der Waals surface area (Å²) in [7, 11) is 0. The van der Waals surface area contributed by atoms with E-state index in [9.17, 15) is 26.3 Å². The van der Waals surface area contributed by atoms with Gasteiger partial charge in [-0.3, -0.25) is 0 Å². The van der Waals surface area contributed by atoms with Crippen LogP contribution >= 0.6 is 0 Å². The smallest absolute Gasteiger partial charge is 0.207 e. The van der Waals surface area contributed by atoms with Crippen LogP contribution in [0.2, 0.25) is 0 Å². The summed E-state index contributed by atoms with van der Waals surface area (Å²) in [6, 6.07) is 0. The quantitative estimate of drug-likeness (QED) is 0.162. The van der Waals surface area contributed by atoms with Crippen molar-refractivity contribution in [2.45, 2.75) is 258 Å². The molecule has 0 aromatic heterocycles. The van der Waals surface area contributed by atoms with E-state index < -0.39 is 17.8 Å². The lowest BCUT2D eigenvalue weighted by Gasteiger charge is -2.42. The highest BCUT2D eigenvalue weighted by Gasteiger charge is 2.50. The molecule has 0 spiro atoms. The summed E-state index contributed by atoms with van der Waals surface area (Å²) in [6.45, 7) is 13.0. The maximum Gasteiger partial charge on any atom is 0.251 e. The molecule has 0 radical (unpaired) electrons. The van der Waals surface area contributed by atoms with Gasteiger partial charge >= 0.3 is 0 Å². The van der Waals surface area contributed by atoms with Crippen LogP contribution < -0.4 is 0 Å². The van der Waals surface area contributed by atoms with Crippen molar-refractivity contribution in [1.29, 1.82) is 0 Å². The molecule has 58 heavy (non-hydrogen) atoms. The fourth-order valence-electron chi connectivity index (χ4n) is 13.8. The summed E-state index contributed by atoms with van der Waals surface area (Å²) in [5.41, 5.74) is 0. The van der Waals surface area contributed by atoms with E-state index in [0.29, 0.717) is 17.8 Å². The molecule has 6 fully saturated rings. The number of alkyl halides is 6. The normalized spacial score (nSPS) is 38.7. The predicted octanol–water partition coefficient (Wildman–Crippen LogP) is 18.6. The second kappa shape index (κ2) is 24.4. The standard InChI is InChI=1S/C18H32F2.2C17H30F2/c1-3-5-14-7-10-16(11-8-14)17-12-9-15(6-4-2)13-18(17,19)20;1-3-5-14-6-9-15(10-7-14)16-11-8-13(4-2)12-17(16,18)19;1-3-5-14-8-11-16(17(18,19)12-14)15-9-6-13(4-2)7-10-15/h14-17H,3-13H2,1-2H3;2*13-16H,3-12H2,1-2H3. The third-order valence-electron chi connectivity index (χ3n) is 17.3. The van der Waals surface area contributed by atoms with Crippen molar-refractivity contribution in [3.05, 3.63) is 0 Å². The van der Waals surface area contributed by atoms with E-state index in [-0.39, 0.29) is 54.8 Å². The zero-order chi connectivity index (χ0) is 42.3. The van der Waals surface area contributed by atoms with Gasteiger partial charge in [0.15, 0.2) is 0 Å². The van der Waals surface area contributed by atoms with Gasteiger partial charge in [0.25, 0.3) is 17.8 Å². The van der Waals surface area contributed by atoms with Gasteiger partial charge in [0.05, 0.1) is 0 Å². The van der Waals surface area contributed by atoms with Crippen molar-refractivity contribution < 1.29 is 26.3 Å². The van der Waals surface area contributed by atoms with Gasteiger partial charge in [-0.25, -0.2) is 26.3 Å². The van der Waals surface area contributed by atoms with Crippen LogP contribution in [0, 0.1) is 71.0 Å². The Morgan fingerprint density at radius 1 is 0.293 bits per heavy atom. The van der Waals surface area contributed by atoms with E-state index in [1.807, 2.05) is 0 Å². The maximum absolute atomic E-state index is 14.5. The minimum Gasteiger partial charge on any atom is -0.207 e. The van der Waals surface area contributed by atoms with Crippen LogP contribution in [-0.4, -0.2) is 17.8 Å². The summed E-state index contributed by atoms with van der Waals surface area (Å²) in [5.74, 6) is -3.89. The molecular formula is C52H92F6. The van der Waals surface area contributed by atoms with Gasteiger partial charge in [0, 0.05) is 37.0 Å². The Balaban J connectivity index is 0.000000193. The Labute approximate surface area is 354 Å². The van der Waals surface area contributed by atoms with Crippen molar-refractivity contribution in [3.8, 4) is 0 Å². The molecule has 0 heterocycles. The van der Waals surface area contributed by atoms with E-state index in [0.717, 1.165) is 127 Å². The number of hydrogen-bond donors (Lipinski definition) is 0. The van der Waals surface area contributed by atoms with E-state index >= 15 is 0 Å². The summed E-state index contributed by atoms with van der Waals surface area (Å²) in [5, 5.41) is 0. The maximum atomic E-state index is 14.5. The third kappa shape index (κ3) is 14.9. The molecule has 6 rings (SSSR count). The molecule has 6 aliphatic carbocycles. The monoisotopic (exact) mass is 831 g/mol. The van der Waals surface area contributed by atoms with Gasteiger partial charge in [-0.05, 0) is 130 Å². The molecule has 342 valence electrons. The first-order valence-electron chi connectivity index (χ1n) is 25.8. The van der Waals surface area contributed by atoms with Crippen molar-refractivity contribution in [2.75, 3.05) is 0 Å². The second-order valence-corrected chi connectivity index (χ2v) is 21.4. The third-order valence-corrected chi connectivity index (χ3v) is 17.3. The summed E-state index contributed by atoms with van der Waals surface area (Å²) < 4.78 is 86.4. The van der Waals surface area contributed by atoms with E-state index in [4.69, 9.17) is 0 Å². The van der Waals surface area contributed by atoms with Gasteiger partial charge in [-0.15, -0.1) is 0 Å². The SMILES string of the molecule is CCCC1CCC(C2CCC(CC)CC2(F)F)CC1.CCCC1CCC(C2CCC(CC)CC2)C(F)(F)C1.CCCC1CCC(C2CCC(CCC)CC2(F)F)CC1. The highest BCUT2D eigenvalue weighted by molar-refractivity contribution is 4.94. The van der Waals surface area contributed by atoms with E-state index in [2.05, 4.69) is 41.5 Å². The predicted molar refractivity (Wildman–Crippen MR) is 234 cm³/mol. The van der Waals surface area contributed by atoms with Crippen LogP contribution in [0.4, 0.5) is 26.3 Å². The van der Waals surface area contributed by atoms with Gasteiger partial charge in [0.1, 0.15) is 0 Å². The number of rotatable bonds is 13. The van der Waals surface area contributed by atoms with Gasteiger partial charge in [-0.2, -0.15) is 0 Å². The molecule has 6 atom stereocenters. The van der Waals surface area contributed by atoms with Gasteiger partial charge in [0.2, 0.25) is 0 Å². The molecule has 0 aliphatic heterocycles. The Bertz CT molecular complexity index is 1080. The highest BCUT2D eigenvalue weighted by atomic mass is 19.3. The van der Waals surface area contributed by atoms with Crippen LogP contribution in [-0.2, 0) is 0 Å². The Morgan fingerprint density at radius 3 is 0.810 bits per heavy atom. The van der Waals surface area contributed by atoms with Crippen LogP contribution in [0.25, 0.3) is 0 Å². The minimum atomic E-state index is -2.39. The molecule has 6 saturated carbocycles. The average Bonchev–Trinajstić information content (AvgIpc) is 3.19. The van der Waals surface area contributed by atoms with Crippen LogP contribution in [0.1, 0.15) is 241 Å². The summed E-state index contributed by atoms with van der Waals surface area (Å²) in [6.07, 6.45) is 30.8. The van der Waals surface area contributed by atoms with E-state index in [1.54, 1.807) is 0 Å². The molecule has 0 saturated heterocycles. The first-order chi connectivity index (χ1) is 27.7. The van der Waals surface area contributed by atoms with Crippen molar-refractivity contribution >= 4 is 0 Å². The topological polar surface area (TPSA) is 0 Å². The minimum absolute atomic E-state index is 0.156. The van der Waals surface area contributed by atoms with Crippen molar-refractivity contribution in [3.63, 3.8) is 0 Å². The summed E-state index contributed by atoms with van der Waals surface area (Å²) in [4.78, 5) is 0. The van der Waals surface area contributed by atoms with Crippen molar-refractivity contribution in [1.82, 2.24) is 0 Å². The first-order valence-corrected chi connectivity index (χ1v) is 25.8. The molecule has 0 aromatic rings. The molecule has 6 heteroatoms. The molecular weight excluding hydrogens is 739 g/mol. The zero-order valence-corrected chi connectivity index (χ0v) is 38.6. The average molecular weight is 831 g/mol. The van der Waals surface area contributed by atoms with Gasteiger partial charge in [-0.1, -0.05) is 144 Å². The van der Waals surface area contributed by atoms with E-state index in [1.165, 1.54) is 70.6 Å². The molecule has 0 aromatic carbocycles. The highest BCUT2D eigenvalue weighted by Crippen LogP contribution is 2.53. The second-order valence-electron chi connectivity index (χ2n) is 21.4. The lowest BCUT2D eigenvalue weighted by Crippen LogP contribution is -2.41. The first kappa shape index (κ1) is 50.2. The fourth-order valence-corrected chi connectivity index (χ4v) is 13.8. The van der Waals surface area contributed by atoms with Gasteiger partial charge < -0.3 is 0 Å². The van der Waals surface area contributed by atoms with Crippen LogP contribution in [0.15, 0.2) is 0 Å². The van der Waals surface area contributed by atoms with Crippen LogP contribution in [0.5, 0.6) is 0 Å². The molecule has 0 nitrogen and oxygen atoms in total. The fraction of sp³-hybridized carbons (Fsp3) is 1.00. The zero-order valence-electron chi connectivity index (χ0n) is 38.6. The largest absolute Gasteiger partial charge is 0.251 e. The van der Waals surface area contributed by atoms with Crippen LogP contribution in [0.3, 0.4) is 0 Å². The summed E-state index contributed by atoms with van der Waals surface area (Å²) >= 11 is 0. The molecule has 6 aliphatic rings. The molecule has 0 N–H and O–H groups in total. The molecule has 6 unspecified atom stereocenters. The Morgan fingerprint density at radius 2 is 0.534 bits per heavy atom. The molecule has 0 bridgehead atoms. The number of halogens is 6. The lowest BCUT2D eigenvalue weighted by molar-refractivity contribution is -0.129. The lowest BCUT2D eigenvalue weighted by atomic mass is 9.66. The Kier molecular flexibility index (Phi) is 21.2. The Hall–Kier alpha value is -0.420. The van der Waals surface area contributed by atoms with Crippen molar-refractivity contribution in [2.24, 2.45) is 71.0 Å². The number of hydrogen-bond acceptors (Lipinski definition) is 0.